The summed E-state index contributed by atoms with van der Waals surface area (Å²) < 4.78 is 32.2. The number of hydrogen-bond donors (Lipinski definition) is 2. The molecule has 2 N–H and O–H groups in total. The molecule has 0 bridgehead atoms. The summed E-state index contributed by atoms with van der Waals surface area (Å²) in [6.45, 7) is 4.29. The lowest BCUT2D eigenvalue weighted by Gasteiger charge is -2.25. The first-order valence-corrected chi connectivity index (χ1v) is 9.73. The van der Waals surface area contributed by atoms with E-state index in [-0.39, 0.29) is 0 Å². The van der Waals surface area contributed by atoms with E-state index in [1.807, 2.05) is 19.2 Å². The lowest BCUT2D eigenvalue weighted by molar-refractivity contribution is -0.155. The molecule has 4 amide bonds. The Labute approximate surface area is 172 Å². The molecule has 2 rings (SSSR count). The third kappa shape index (κ3) is 4.92. The van der Waals surface area contributed by atoms with E-state index >= 15 is 0 Å². The Morgan fingerprint density at radius 1 is 1.17 bits per heavy atom. The predicted octanol–water partition coefficient (Wildman–Crippen LogP) is 2.73. The first-order valence-electron chi connectivity index (χ1n) is 9.73. The van der Waals surface area contributed by atoms with Crippen molar-refractivity contribution in [2.75, 3.05) is 11.9 Å². The number of urea groups is 1. The van der Waals surface area contributed by atoms with E-state index in [1.165, 1.54) is 6.92 Å². The zero-order valence-electron chi connectivity index (χ0n) is 17.1. The molecule has 0 aromatic heterocycles. The molecule has 1 aromatic rings. The van der Waals surface area contributed by atoms with Crippen molar-refractivity contribution in [2.24, 2.45) is 0 Å². The fourth-order valence-corrected chi connectivity index (χ4v) is 3.40. The third-order valence-corrected chi connectivity index (χ3v) is 4.78. The molecule has 10 heteroatoms. The van der Waals surface area contributed by atoms with Crippen LogP contribution >= 0.6 is 0 Å². The molecule has 1 aliphatic rings. The van der Waals surface area contributed by atoms with Crippen LogP contribution in [0.3, 0.4) is 0 Å². The van der Waals surface area contributed by atoms with E-state index in [9.17, 15) is 28.0 Å². The summed E-state index contributed by atoms with van der Waals surface area (Å²) in [5, 5.41) is 4.68. The van der Waals surface area contributed by atoms with Crippen LogP contribution in [0.15, 0.2) is 18.2 Å². The number of nitrogens with one attached hydrogen (secondary N) is 2. The van der Waals surface area contributed by atoms with Gasteiger partial charge in [-0.3, -0.25) is 19.3 Å². The van der Waals surface area contributed by atoms with Crippen molar-refractivity contribution in [1.29, 1.82) is 0 Å². The summed E-state index contributed by atoms with van der Waals surface area (Å²) >= 11 is 0. The number of nitrogens with zero attached hydrogens (tertiary/aromatic N) is 1. The van der Waals surface area contributed by atoms with E-state index in [0.29, 0.717) is 25.7 Å². The van der Waals surface area contributed by atoms with E-state index in [4.69, 9.17) is 4.74 Å². The lowest BCUT2D eigenvalue weighted by atomic mass is 9.88. The maximum Gasteiger partial charge on any atom is 0.327 e. The third-order valence-electron chi connectivity index (χ3n) is 4.78. The fraction of sp³-hybridized carbons (Fsp3) is 0.500. The normalized spacial score (nSPS) is 16.2. The van der Waals surface area contributed by atoms with Gasteiger partial charge < -0.3 is 15.4 Å². The van der Waals surface area contributed by atoms with Gasteiger partial charge in [-0.05, 0) is 31.9 Å². The first-order chi connectivity index (χ1) is 14.1. The topological polar surface area (TPSA) is 105 Å². The molecule has 1 fully saturated rings. The van der Waals surface area contributed by atoms with Crippen LogP contribution in [-0.2, 0) is 19.1 Å². The molecule has 8 nitrogen and oxygen atoms in total. The molecule has 0 saturated carbocycles. The number of anilines is 1. The molecule has 30 heavy (non-hydrogen) atoms. The highest BCUT2D eigenvalue weighted by molar-refractivity contribution is 6.08. The number of carbonyl (C=O) groups excluding carboxylic acids is 4. The minimum absolute atomic E-state index is 0.434. The highest BCUT2D eigenvalue weighted by Gasteiger charge is 2.50. The van der Waals surface area contributed by atoms with Crippen LogP contribution in [-0.4, -0.2) is 46.9 Å². The van der Waals surface area contributed by atoms with Crippen molar-refractivity contribution in [3.63, 3.8) is 0 Å². The monoisotopic (exact) mass is 425 g/mol. The van der Waals surface area contributed by atoms with E-state index in [0.717, 1.165) is 23.1 Å². The van der Waals surface area contributed by atoms with Crippen LogP contribution in [0.25, 0.3) is 0 Å². The van der Waals surface area contributed by atoms with Gasteiger partial charge in [0.1, 0.15) is 29.4 Å². The Bertz CT molecular complexity index is 819. The van der Waals surface area contributed by atoms with Gasteiger partial charge in [-0.1, -0.05) is 32.8 Å². The number of hydrogen-bond acceptors (Lipinski definition) is 5. The van der Waals surface area contributed by atoms with Crippen LogP contribution in [0.5, 0.6) is 0 Å². The first kappa shape index (κ1) is 23.2. The molecule has 0 spiro atoms. The summed E-state index contributed by atoms with van der Waals surface area (Å²) in [4.78, 5) is 50.1. The lowest BCUT2D eigenvalue weighted by Crippen LogP contribution is -2.47. The molecule has 1 heterocycles. The molecular formula is C20H25F2N3O5. The average molecular weight is 425 g/mol. The Kier molecular flexibility index (Phi) is 7.47. The molecule has 0 unspecified atom stereocenters. The van der Waals surface area contributed by atoms with E-state index in [2.05, 4.69) is 5.32 Å². The molecule has 0 aliphatic carbocycles. The molecule has 1 atom stereocenters. The Morgan fingerprint density at radius 3 is 2.27 bits per heavy atom. The van der Waals surface area contributed by atoms with E-state index < -0.39 is 59.3 Å². The van der Waals surface area contributed by atoms with Gasteiger partial charge in [0.2, 0.25) is 0 Å². The van der Waals surface area contributed by atoms with Crippen LogP contribution < -0.4 is 10.6 Å². The number of para-hydroxylation sites is 1. The second-order valence-corrected chi connectivity index (χ2v) is 7.12. The Balaban J connectivity index is 2.00. The number of amides is 4. The number of benzene rings is 1. The zero-order valence-corrected chi connectivity index (χ0v) is 17.1. The largest absolute Gasteiger partial charge is 0.451 e. The van der Waals surface area contributed by atoms with Gasteiger partial charge in [0.05, 0.1) is 0 Å². The summed E-state index contributed by atoms with van der Waals surface area (Å²) in [6, 6.07) is 2.36. The minimum atomic E-state index is -1.41. The number of halogens is 2. The SMILES string of the molecule is CCCC1(CCC)NC(=O)N(CC(=O)O[C@H](C)C(=O)Nc2c(F)cccc2F)C1=O. The van der Waals surface area contributed by atoms with Crippen LogP contribution in [0, 0.1) is 11.6 Å². The summed E-state index contributed by atoms with van der Waals surface area (Å²) in [6.07, 6.45) is 0.782. The Morgan fingerprint density at radius 2 is 1.73 bits per heavy atom. The molecular weight excluding hydrogens is 400 g/mol. The minimum Gasteiger partial charge on any atom is -0.451 e. The number of rotatable bonds is 9. The van der Waals surface area contributed by atoms with Gasteiger partial charge in [0.25, 0.3) is 11.8 Å². The molecule has 1 aromatic carbocycles. The maximum atomic E-state index is 13.6. The molecule has 164 valence electrons. The maximum absolute atomic E-state index is 13.6. The number of esters is 1. The highest BCUT2D eigenvalue weighted by Crippen LogP contribution is 2.28. The van der Waals surface area contributed by atoms with Crippen molar-refractivity contribution in [2.45, 2.75) is 58.1 Å². The smallest absolute Gasteiger partial charge is 0.327 e. The van der Waals surface area contributed by atoms with Crippen molar-refractivity contribution < 1.29 is 32.7 Å². The van der Waals surface area contributed by atoms with Crippen LogP contribution in [0.1, 0.15) is 46.5 Å². The van der Waals surface area contributed by atoms with E-state index in [1.54, 1.807) is 0 Å². The summed E-state index contributed by atoms with van der Waals surface area (Å²) in [5.41, 5.74) is -1.71. The van der Waals surface area contributed by atoms with Crippen LogP contribution in [0.4, 0.5) is 19.3 Å². The number of carbonyl (C=O) groups is 4. The van der Waals surface area contributed by atoms with Gasteiger partial charge >= 0.3 is 12.0 Å². The molecule has 1 saturated heterocycles. The summed E-state index contributed by atoms with van der Waals surface area (Å²) in [5.74, 6) is -4.44. The van der Waals surface area contributed by atoms with Crippen molar-refractivity contribution >= 4 is 29.5 Å². The van der Waals surface area contributed by atoms with Gasteiger partial charge in [-0.25, -0.2) is 13.6 Å². The quantitative estimate of drug-likeness (QED) is 0.468. The highest BCUT2D eigenvalue weighted by atomic mass is 19.1. The van der Waals surface area contributed by atoms with Crippen molar-refractivity contribution in [3.8, 4) is 0 Å². The van der Waals surface area contributed by atoms with Crippen molar-refractivity contribution in [1.82, 2.24) is 10.2 Å². The Hall–Kier alpha value is -3.04. The number of imide groups is 1. The molecule has 1 aliphatic heterocycles. The number of ether oxygens (including phenoxy) is 1. The van der Waals surface area contributed by atoms with Gasteiger partial charge in [0.15, 0.2) is 6.10 Å². The van der Waals surface area contributed by atoms with Crippen molar-refractivity contribution in [3.05, 3.63) is 29.8 Å². The second kappa shape index (κ2) is 9.64. The van der Waals surface area contributed by atoms with Gasteiger partial charge in [-0.2, -0.15) is 0 Å². The fourth-order valence-electron chi connectivity index (χ4n) is 3.40. The second-order valence-electron chi connectivity index (χ2n) is 7.12. The van der Waals surface area contributed by atoms with Gasteiger partial charge in [0, 0.05) is 0 Å². The predicted molar refractivity (Wildman–Crippen MR) is 103 cm³/mol. The standard InChI is InChI=1S/C20H25F2N3O5/c1-4-9-20(10-5-2)18(28)25(19(29)24-20)11-15(26)30-12(3)17(27)23-16-13(21)7-6-8-14(16)22/h6-8,12H,4-5,9-11H2,1-3H3,(H,23,27)(H,24,29)/t12-/m1/s1. The van der Waals surface area contributed by atoms with Gasteiger partial charge in [-0.15, -0.1) is 0 Å². The average Bonchev–Trinajstić information content (AvgIpc) is 2.89. The zero-order chi connectivity index (χ0) is 22.5. The molecule has 0 radical (unpaired) electrons. The van der Waals surface area contributed by atoms with Crippen LogP contribution in [0.2, 0.25) is 0 Å². The summed E-state index contributed by atoms with van der Waals surface area (Å²) in [7, 11) is 0.